The average Bonchev–Trinajstić information content (AvgIpc) is 2.92. The minimum absolute atomic E-state index is 0.0877. The van der Waals surface area contributed by atoms with Crippen LogP contribution in [0.3, 0.4) is 0 Å². The van der Waals surface area contributed by atoms with Crippen molar-refractivity contribution < 1.29 is 118 Å². The van der Waals surface area contributed by atoms with Crippen LogP contribution < -0.4 is 0 Å². The summed E-state index contributed by atoms with van der Waals surface area (Å²) in [5, 5.41) is 0. The second kappa shape index (κ2) is 20.5. The minimum Gasteiger partial charge on any atom is -0.371 e. The van der Waals surface area contributed by atoms with E-state index in [0.29, 0.717) is 12.8 Å². The highest BCUT2D eigenvalue weighted by Gasteiger charge is 2.63. The van der Waals surface area contributed by atoms with Gasteiger partial charge in [0.15, 0.2) is 0 Å². The summed E-state index contributed by atoms with van der Waals surface area (Å²) in [6.07, 6.45) is -11.4. The molecule has 0 aromatic carbocycles. The van der Waals surface area contributed by atoms with E-state index in [1.54, 1.807) is 6.92 Å². The lowest BCUT2D eigenvalue weighted by molar-refractivity contribution is -0.202. The van der Waals surface area contributed by atoms with Gasteiger partial charge >= 0.3 is 52.9 Å². The van der Waals surface area contributed by atoms with Crippen LogP contribution in [-0.2, 0) is 63.9 Å². The van der Waals surface area contributed by atoms with E-state index in [2.05, 4.69) is 50.7 Å². The molecule has 0 radical (unpaired) electrons. The summed E-state index contributed by atoms with van der Waals surface area (Å²) in [7, 11) is -32.0. The smallest absolute Gasteiger partial charge is 0.371 e. The molecule has 3 unspecified atom stereocenters. The number of unbranched alkanes of at least 4 members (excludes halogenated alkanes) is 2. The molecule has 0 amide bonds. The van der Waals surface area contributed by atoms with Crippen molar-refractivity contribution in [2.45, 2.75) is 107 Å². The van der Waals surface area contributed by atoms with Crippen molar-refractivity contribution in [1.82, 2.24) is 4.90 Å². The second-order valence-corrected chi connectivity index (χ2v) is 18.8. The van der Waals surface area contributed by atoms with Crippen LogP contribution in [0.5, 0.6) is 0 Å². The number of carbonyl (C=O) groups is 1. The van der Waals surface area contributed by atoms with Gasteiger partial charge in [0.25, 0.3) is 0 Å². The molecular formula is C20H45NO25P6. The van der Waals surface area contributed by atoms with Gasteiger partial charge in [0, 0.05) is 12.5 Å². The first-order valence-electron chi connectivity index (χ1n) is 14.9. The Bertz CT molecular complexity index is 1370. The van der Waals surface area contributed by atoms with E-state index in [9.17, 15) is 86.0 Å². The highest BCUT2D eigenvalue weighted by Crippen LogP contribution is 2.58. The fraction of sp³-hybridized carbons (Fsp3) is 0.950. The van der Waals surface area contributed by atoms with Crippen molar-refractivity contribution in [2.75, 3.05) is 14.1 Å². The van der Waals surface area contributed by atoms with Crippen LogP contribution >= 0.6 is 46.9 Å². The van der Waals surface area contributed by atoms with E-state index < -0.39 is 96.0 Å². The first-order valence-corrected chi connectivity index (χ1v) is 24.1. The topological polar surface area (TPSA) is 410 Å². The monoisotopic (exact) mass is 885 g/mol. The Labute approximate surface area is 296 Å². The number of carbonyl (C=O) groups excluding carboxylic acids is 1. The molecule has 0 aromatic rings. The molecule has 2 aliphatic rings. The lowest BCUT2D eigenvalue weighted by atomic mass is 9.85. The third kappa shape index (κ3) is 20.9. The predicted octanol–water partition coefficient (Wildman–Crippen LogP) is 0.879. The largest absolute Gasteiger partial charge is 0.530 e. The summed E-state index contributed by atoms with van der Waals surface area (Å²) in [4.78, 5) is 118. The number of nitrogens with zero attached hydrogens (tertiary/aromatic N) is 1. The third-order valence-corrected chi connectivity index (χ3v) is 10.5. The summed E-state index contributed by atoms with van der Waals surface area (Å²) in [5.41, 5.74) is 0. The molecule has 2 fully saturated rings. The molecule has 0 bridgehead atoms. The Kier molecular flexibility index (Phi) is 19.8. The Morgan fingerprint density at radius 1 is 0.538 bits per heavy atom. The fourth-order valence-electron chi connectivity index (χ4n) is 5.10. The maximum Gasteiger partial charge on any atom is 0.530 e. The summed E-state index contributed by atoms with van der Waals surface area (Å²) in [6.45, 7) is 1.71. The van der Waals surface area contributed by atoms with Gasteiger partial charge in [-0.05, 0) is 33.4 Å². The number of phosphoric acid groups is 6. The van der Waals surface area contributed by atoms with Crippen molar-refractivity contribution in [3.05, 3.63) is 0 Å². The summed E-state index contributed by atoms with van der Waals surface area (Å²) in [6, 6.07) is 0.888. The van der Waals surface area contributed by atoms with E-state index in [4.69, 9.17) is 0 Å². The first-order chi connectivity index (χ1) is 23.3. The molecule has 0 spiro atoms. The lowest BCUT2D eigenvalue weighted by Crippen LogP contribution is -2.66. The molecule has 0 aliphatic heterocycles. The van der Waals surface area contributed by atoms with Crippen molar-refractivity contribution in [3.8, 4) is 0 Å². The number of phosphoric ester groups is 6. The summed E-state index contributed by atoms with van der Waals surface area (Å²) >= 11 is 0. The first kappa shape index (κ1) is 50.1. The summed E-state index contributed by atoms with van der Waals surface area (Å²) < 4.78 is 101. The molecule has 0 aromatic heterocycles. The van der Waals surface area contributed by atoms with Gasteiger partial charge < -0.3 is 58.4 Å². The maximum absolute atomic E-state index is 12.7. The standard InChI is InChI=1S/C12H28O25P6.C8H17N/c1-2-3-4-5-6(13)31-43(29,30)37-12-10(35-41(23,24)25)8(33-39(17,18)19)7(32-38(14,15)16)9(34-40(20,21)22)11(12)36-42(26,27)28;1-9(2)8-6-4-3-5-7-8/h7-12H,2-5H2,1H3,(H,29,30)(H2,14,15,16)(H2,17,18,19)(H2,20,21,22)(H2,23,24,25)(H2,26,27,28);8H,3-7H2,1-2H3/t7?,8-,9+,10+,11-,12?;. The van der Waals surface area contributed by atoms with Crippen LogP contribution in [0.15, 0.2) is 0 Å². The second-order valence-electron chi connectivity index (χ2n) is 11.5. The molecule has 26 nitrogen and oxygen atoms in total. The van der Waals surface area contributed by atoms with Crippen LogP contribution in [0.2, 0.25) is 0 Å². The van der Waals surface area contributed by atoms with Gasteiger partial charge in [-0.25, -0.2) is 27.4 Å². The molecule has 7 atom stereocenters. The quantitative estimate of drug-likeness (QED) is 0.0672. The van der Waals surface area contributed by atoms with Gasteiger partial charge in [-0.2, -0.15) is 0 Å². The van der Waals surface area contributed by atoms with Gasteiger partial charge in [0.1, 0.15) is 36.6 Å². The molecule has 2 saturated carbocycles. The van der Waals surface area contributed by atoms with Crippen LogP contribution in [0.25, 0.3) is 0 Å². The summed E-state index contributed by atoms with van der Waals surface area (Å²) in [5.74, 6) is -1.47. The Balaban J connectivity index is 0.00000130. The average molecular weight is 885 g/mol. The number of rotatable bonds is 18. The van der Waals surface area contributed by atoms with E-state index in [1.807, 2.05) is 0 Å². The van der Waals surface area contributed by atoms with E-state index in [0.717, 1.165) is 6.04 Å². The number of hydrogen-bond acceptors (Lipinski definition) is 15. The lowest BCUT2D eigenvalue weighted by Gasteiger charge is -2.48. The van der Waals surface area contributed by atoms with Gasteiger partial charge in [-0.3, -0.25) is 36.8 Å². The molecule has 32 heteroatoms. The molecule has 52 heavy (non-hydrogen) atoms. The Hall–Kier alpha value is 0.130. The SMILES string of the molecule is CCCCCC(=O)OP(=O)(O)OC1[C@@H](OP(=O)(O)O)[C@H](OP(=O)(O)O)C(OP(=O)(O)O)[C@H](OP(=O)(O)O)[C@H]1OP(=O)(O)O.CN(C)C1CCCCC1. The van der Waals surface area contributed by atoms with Crippen molar-refractivity contribution in [2.24, 2.45) is 0 Å². The molecule has 0 saturated heterocycles. The predicted molar refractivity (Wildman–Crippen MR) is 170 cm³/mol. The molecule has 11 N–H and O–H groups in total. The minimum atomic E-state index is -6.09. The van der Waals surface area contributed by atoms with Crippen molar-refractivity contribution in [1.29, 1.82) is 0 Å². The Morgan fingerprint density at radius 3 is 1.10 bits per heavy atom. The van der Waals surface area contributed by atoms with Gasteiger partial charge in [-0.1, -0.05) is 39.0 Å². The van der Waals surface area contributed by atoms with Crippen LogP contribution in [0.1, 0.15) is 64.7 Å². The molecular weight excluding hydrogens is 840 g/mol. The van der Waals surface area contributed by atoms with Crippen molar-refractivity contribution in [3.63, 3.8) is 0 Å². The number of hydrogen-bond donors (Lipinski definition) is 11. The molecule has 310 valence electrons. The highest BCUT2D eigenvalue weighted by molar-refractivity contribution is 7.48. The third-order valence-electron chi connectivity index (χ3n) is 7.00. The van der Waals surface area contributed by atoms with Gasteiger partial charge in [0.05, 0.1) is 0 Å². The molecule has 0 heterocycles. The zero-order chi connectivity index (χ0) is 40.5. The maximum atomic E-state index is 12.7. The zero-order valence-corrected chi connectivity index (χ0v) is 33.0. The van der Waals surface area contributed by atoms with E-state index in [1.165, 1.54) is 32.1 Å². The van der Waals surface area contributed by atoms with E-state index >= 15 is 0 Å². The Morgan fingerprint density at radius 2 is 0.846 bits per heavy atom. The van der Waals surface area contributed by atoms with E-state index in [-0.39, 0.29) is 6.42 Å². The van der Waals surface area contributed by atoms with Gasteiger partial charge in [-0.15, -0.1) is 0 Å². The van der Waals surface area contributed by atoms with Crippen LogP contribution in [-0.4, -0.2) is 121 Å². The molecule has 2 rings (SSSR count). The van der Waals surface area contributed by atoms with Crippen LogP contribution in [0, 0.1) is 0 Å². The fourth-order valence-corrected chi connectivity index (χ4v) is 8.83. The normalized spacial score (nSPS) is 26.7. The highest BCUT2D eigenvalue weighted by atomic mass is 31.2. The van der Waals surface area contributed by atoms with Crippen LogP contribution in [0.4, 0.5) is 0 Å². The molecule has 2 aliphatic carbocycles. The van der Waals surface area contributed by atoms with Crippen molar-refractivity contribution >= 4 is 52.9 Å². The zero-order valence-electron chi connectivity index (χ0n) is 27.7. The van der Waals surface area contributed by atoms with Gasteiger partial charge in [0.2, 0.25) is 0 Å².